The first-order valence-corrected chi connectivity index (χ1v) is 6.91. The second kappa shape index (κ2) is 4.54. The van der Waals surface area contributed by atoms with Crippen LogP contribution in [-0.2, 0) is 10.0 Å². The fourth-order valence-corrected chi connectivity index (χ4v) is 2.04. The van der Waals surface area contributed by atoms with Gasteiger partial charge in [0.1, 0.15) is 4.90 Å². The first-order chi connectivity index (χ1) is 7.67. The van der Waals surface area contributed by atoms with Crippen molar-refractivity contribution in [1.29, 1.82) is 0 Å². The second-order valence-electron chi connectivity index (χ2n) is 4.62. The summed E-state index contributed by atoms with van der Waals surface area (Å²) >= 11 is 0. The quantitative estimate of drug-likeness (QED) is 0.712. The number of primary sulfonamides is 1. The van der Waals surface area contributed by atoms with Crippen LogP contribution in [0.1, 0.15) is 27.2 Å². The Bertz CT molecular complexity index is 509. The normalized spacial score (nSPS) is 12.5. The van der Waals surface area contributed by atoms with Gasteiger partial charge in [-0.25, -0.2) is 13.6 Å². The molecule has 0 aliphatic rings. The standard InChI is InChI=1S/C11H19N3O2S/c1-4-11(2,3)14-8-6-5-7-9(10(8)12)17(13,15)16/h5-7,14H,4,12H2,1-3H3,(H2,13,15,16). The van der Waals surface area contributed by atoms with Crippen LogP contribution in [0.25, 0.3) is 0 Å². The molecule has 0 unspecified atom stereocenters. The number of rotatable bonds is 4. The van der Waals surface area contributed by atoms with E-state index >= 15 is 0 Å². The van der Waals surface area contributed by atoms with E-state index in [0.717, 1.165) is 6.42 Å². The summed E-state index contributed by atoms with van der Waals surface area (Å²) in [6.45, 7) is 6.05. The molecular weight excluding hydrogens is 238 g/mol. The van der Waals surface area contributed by atoms with Crippen LogP contribution in [0.4, 0.5) is 11.4 Å². The van der Waals surface area contributed by atoms with Gasteiger partial charge in [-0.2, -0.15) is 0 Å². The summed E-state index contributed by atoms with van der Waals surface area (Å²) in [7, 11) is -3.78. The van der Waals surface area contributed by atoms with Gasteiger partial charge in [-0.3, -0.25) is 0 Å². The third-order valence-corrected chi connectivity index (χ3v) is 3.70. The monoisotopic (exact) mass is 257 g/mol. The topological polar surface area (TPSA) is 98.2 Å². The van der Waals surface area contributed by atoms with Crippen molar-refractivity contribution < 1.29 is 8.42 Å². The minimum absolute atomic E-state index is 0.0468. The van der Waals surface area contributed by atoms with Gasteiger partial charge >= 0.3 is 0 Å². The third-order valence-electron chi connectivity index (χ3n) is 2.73. The molecule has 96 valence electrons. The molecule has 1 aromatic rings. The van der Waals surface area contributed by atoms with Gasteiger partial charge in [0.2, 0.25) is 10.0 Å². The molecular formula is C11H19N3O2S. The van der Waals surface area contributed by atoms with Crippen LogP contribution in [0.5, 0.6) is 0 Å². The maximum Gasteiger partial charge on any atom is 0.240 e. The summed E-state index contributed by atoms with van der Waals surface area (Å²) in [5.41, 5.74) is 6.40. The zero-order valence-electron chi connectivity index (χ0n) is 10.3. The van der Waals surface area contributed by atoms with Gasteiger partial charge in [-0.15, -0.1) is 0 Å². The van der Waals surface area contributed by atoms with E-state index in [0.29, 0.717) is 5.69 Å². The number of nitrogen functional groups attached to an aromatic ring is 1. The molecule has 17 heavy (non-hydrogen) atoms. The fraction of sp³-hybridized carbons (Fsp3) is 0.455. The molecule has 0 aromatic heterocycles. The van der Waals surface area contributed by atoms with Crippen molar-refractivity contribution in [2.75, 3.05) is 11.1 Å². The summed E-state index contributed by atoms with van der Waals surface area (Å²) in [6.07, 6.45) is 0.881. The van der Waals surface area contributed by atoms with Crippen molar-refractivity contribution in [3.05, 3.63) is 18.2 Å². The smallest absolute Gasteiger partial charge is 0.240 e. The Morgan fingerprint density at radius 3 is 2.41 bits per heavy atom. The van der Waals surface area contributed by atoms with Crippen LogP contribution in [0.3, 0.4) is 0 Å². The van der Waals surface area contributed by atoms with E-state index in [1.54, 1.807) is 12.1 Å². The van der Waals surface area contributed by atoms with Crippen molar-refractivity contribution >= 4 is 21.4 Å². The lowest BCUT2D eigenvalue weighted by molar-refractivity contribution is 0.547. The molecule has 1 rings (SSSR count). The molecule has 5 N–H and O–H groups in total. The number of hydrogen-bond donors (Lipinski definition) is 3. The van der Waals surface area contributed by atoms with E-state index in [-0.39, 0.29) is 16.1 Å². The van der Waals surface area contributed by atoms with E-state index in [2.05, 4.69) is 5.32 Å². The zero-order valence-corrected chi connectivity index (χ0v) is 11.1. The minimum Gasteiger partial charge on any atom is -0.396 e. The van der Waals surface area contributed by atoms with E-state index in [9.17, 15) is 8.42 Å². The first kappa shape index (κ1) is 13.8. The lowest BCUT2D eigenvalue weighted by atomic mass is 10.0. The molecule has 0 amide bonds. The van der Waals surface area contributed by atoms with Crippen molar-refractivity contribution in [1.82, 2.24) is 0 Å². The predicted molar refractivity (Wildman–Crippen MR) is 70.2 cm³/mol. The molecule has 0 spiro atoms. The largest absolute Gasteiger partial charge is 0.396 e. The molecule has 0 aliphatic heterocycles. The Labute approximate surface area is 102 Å². The predicted octanol–water partition coefficient (Wildman–Crippen LogP) is 1.52. The summed E-state index contributed by atoms with van der Waals surface area (Å²) in [4.78, 5) is -0.0468. The van der Waals surface area contributed by atoms with Crippen LogP contribution in [0.15, 0.2) is 23.1 Å². The average molecular weight is 257 g/mol. The van der Waals surface area contributed by atoms with Crippen molar-refractivity contribution in [3.63, 3.8) is 0 Å². The molecule has 0 bridgehead atoms. The van der Waals surface area contributed by atoms with E-state index in [1.807, 2.05) is 20.8 Å². The zero-order chi connectivity index (χ0) is 13.3. The highest BCUT2D eigenvalue weighted by Gasteiger charge is 2.19. The number of nitrogens with one attached hydrogen (secondary N) is 1. The Balaban J connectivity index is 3.21. The van der Waals surface area contributed by atoms with Gasteiger partial charge in [-0.1, -0.05) is 13.0 Å². The molecule has 1 aromatic carbocycles. The van der Waals surface area contributed by atoms with Gasteiger partial charge in [0, 0.05) is 5.54 Å². The maximum atomic E-state index is 11.3. The Kier molecular flexibility index (Phi) is 3.68. The van der Waals surface area contributed by atoms with Crippen LogP contribution in [0.2, 0.25) is 0 Å². The summed E-state index contributed by atoms with van der Waals surface area (Å²) in [5.74, 6) is 0. The Morgan fingerprint density at radius 1 is 1.35 bits per heavy atom. The number of para-hydroxylation sites is 1. The van der Waals surface area contributed by atoms with Gasteiger partial charge in [0.25, 0.3) is 0 Å². The summed E-state index contributed by atoms with van der Waals surface area (Å²) < 4.78 is 22.6. The summed E-state index contributed by atoms with van der Waals surface area (Å²) in [6, 6.07) is 4.75. The Morgan fingerprint density at radius 2 is 1.94 bits per heavy atom. The molecule has 0 saturated heterocycles. The molecule has 0 radical (unpaired) electrons. The van der Waals surface area contributed by atoms with E-state index in [1.165, 1.54) is 6.07 Å². The highest BCUT2D eigenvalue weighted by atomic mass is 32.2. The number of nitrogens with two attached hydrogens (primary N) is 2. The van der Waals surface area contributed by atoms with Crippen LogP contribution < -0.4 is 16.2 Å². The highest BCUT2D eigenvalue weighted by Crippen LogP contribution is 2.28. The minimum atomic E-state index is -3.78. The molecule has 0 saturated carbocycles. The lowest BCUT2D eigenvalue weighted by Crippen LogP contribution is -2.30. The first-order valence-electron chi connectivity index (χ1n) is 5.37. The SMILES string of the molecule is CCC(C)(C)Nc1cccc(S(N)(=O)=O)c1N. The van der Waals surface area contributed by atoms with Crippen molar-refractivity contribution in [2.24, 2.45) is 5.14 Å². The average Bonchev–Trinajstić information content (AvgIpc) is 2.19. The molecule has 5 nitrogen and oxygen atoms in total. The summed E-state index contributed by atoms with van der Waals surface area (Å²) in [5, 5.41) is 8.29. The maximum absolute atomic E-state index is 11.3. The molecule has 0 aliphatic carbocycles. The van der Waals surface area contributed by atoms with Gasteiger partial charge < -0.3 is 11.1 Å². The number of hydrogen-bond acceptors (Lipinski definition) is 4. The molecule has 6 heteroatoms. The van der Waals surface area contributed by atoms with Crippen molar-refractivity contribution in [2.45, 2.75) is 37.6 Å². The van der Waals surface area contributed by atoms with Gasteiger partial charge in [0.15, 0.2) is 0 Å². The lowest BCUT2D eigenvalue weighted by Gasteiger charge is -2.27. The highest BCUT2D eigenvalue weighted by molar-refractivity contribution is 7.89. The third kappa shape index (κ3) is 3.34. The molecule has 0 heterocycles. The van der Waals surface area contributed by atoms with Crippen molar-refractivity contribution in [3.8, 4) is 0 Å². The number of benzene rings is 1. The molecule has 0 atom stereocenters. The van der Waals surface area contributed by atoms with Crippen LogP contribution in [0, 0.1) is 0 Å². The van der Waals surface area contributed by atoms with Crippen LogP contribution >= 0.6 is 0 Å². The van der Waals surface area contributed by atoms with Gasteiger partial charge in [-0.05, 0) is 32.4 Å². The van der Waals surface area contributed by atoms with Crippen LogP contribution in [-0.4, -0.2) is 14.0 Å². The Hall–Kier alpha value is -1.27. The number of sulfonamides is 1. The van der Waals surface area contributed by atoms with Gasteiger partial charge in [0.05, 0.1) is 11.4 Å². The number of anilines is 2. The molecule has 0 fully saturated rings. The second-order valence-corrected chi connectivity index (χ2v) is 6.15. The van der Waals surface area contributed by atoms with E-state index < -0.39 is 10.0 Å². The fourth-order valence-electron chi connectivity index (χ4n) is 1.35. The van der Waals surface area contributed by atoms with E-state index in [4.69, 9.17) is 10.9 Å².